The fraction of sp³-hybridized carbons (Fsp3) is 0.385. The van der Waals surface area contributed by atoms with Gasteiger partial charge in [0, 0.05) is 49.5 Å². The predicted molar refractivity (Wildman–Crippen MR) is 128 cm³/mol. The molecule has 2 fully saturated rings. The number of hydrogen-bond donors (Lipinski definition) is 2. The van der Waals surface area contributed by atoms with Gasteiger partial charge in [0.2, 0.25) is 0 Å². The van der Waals surface area contributed by atoms with Crippen molar-refractivity contribution in [2.45, 2.75) is 38.1 Å². The highest BCUT2D eigenvalue weighted by atomic mass is 15.2. The van der Waals surface area contributed by atoms with Gasteiger partial charge in [0.15, 0.2) is 0 Å². The first-order chi connectivity index (χ1) is 15.4. The maximum absolute atomic E-state index is 5.17. The second-order valence-corrected chi connectivity index (χ2v) is 8.58. The van der Waals surface area contributed by atoms with Gasteiger partial charge in [0.05, 0.1) is 5.69 Å². The van der Waals surface area contributed by atoms with Crippen LogP contribution in [0.4, 0.5) is 11.6 Å². The van der Waals surface area contributed by atoms with E-state index in [1.54, 1.807) is 0 Å². The van der Waals surface area contributed by atoms with Gasteiger partial charge >= 0.3 is 0 Å². The highest BCUT2D eigenvalue weighted by molar-refractivity contribution is 5.82. The maximum Gasteiger partial charge on any atom is 0.129 e. The third-order valence-corrected chi connectivity index (χ3v) is 6.40. The van der Waals surface area contributed by atoms with Crippen molar-refractivity contribution in [1.82, 2.24) is 15.3 Å². The van der Waals surface area contributed by atoms with Crippen LogP contribution in [0.1, 0.15) is 32.1 Å². The number of pyridine rings is 2. The number of hydrogen-bond acceptors (Lipinski definition) is 5. The largest absolute Gasteiger partial charge is 0.367 e. The number of rotatable bonds is 5. The summed E-state index contributed by atoms with van der Waals surface area (Å²) >= 11 is 0. The quantitative estimate of drug-likeness (QED) is 0.619. The Labute approximate surface area is 184 Å². The smallest absolute Gasteiger partial charge is 0.129 e. The predicted octanol–water partition coefficient (Wildman–Crippen LogP) is 4.96. The van der Waals surface area contributed by atoms with Crippen LogP contribution in [0.3, 0.4) is 0 Å². The van der Waals surface area contributed by atoms with Crippen LogP contribution in [0.25, 0.3) is 22.4 Å². The number of nitrogens with zero attached hydrogens (tertiary/aromatic N) is 3. The average molecular weight is 414 g/mol. The number of nitrogens with one attached hydrogen (secondary N) is 2. The molecular formula is C26H31N5. The maximum atomic E-state index is 5.17. The van der Waals surface area contributed by atoms with Gasteiger partial charge in [-0.2, -0.15) is 0 Å². The summed E-state index contributed by atoms with van der Waals surface area (Å²) in [5, 5.41) is 7.10. The molecule has 160 valence electrons. The van der Waals surface area contributed by atoms with E-state index in [4.69, 9.17) is 4.98 Å². The summed E-state index contributed by atoms with van der Waals surface area (Å²) in [5.41, 5.74) is 4.49. The highest BCUT2D eigenvalue weighted by Gasteiger charge is 2.18. The van der Waals surface area contributed by atoms with Gasteiger partial charge in [0.1, 0.15) is 11.6 Å². The lowest BCUT2D eigenvalue weighted by Gasteiger charge is -2.29. The van der Waals surface area contributed by atoms with E-state index in [0.29, 0.717) is 6.04 Å². The van der Waals surface area contributed by atoms with Crippen LogP contribution in [0.15, 0.2) is 60.8 Å². The molecule has 3 heterocycles. The summed E-state index contributed by atoms with van der Waals surface area (Å²) in [6.45, 7) is 3.98. The molecule has 0 bridgehead atoms. The zero-order valence-electron chi connectivity index (χ0n) is 18.1. The molecule has 1 aromatic carbocycles. The summed E-state index contributed by atoms with van der Waals surface area (Å²) in [4.78, 5) is 12.2. The first-order valence-corrected chi connectivity index (χ1v) is 11.6. The molecule has 1 aliphatic heterocycles. The highest BCUT2D eigenvalue weighted by Crippen LogP contribution is 2.33. The molecule has 0 amide bonds. The Hall–Kier alpha value is -2.92. The Morgan fingerprint density at radius 1 is 0.871 bits per heavy atom. The van der Waals surface area contributed by atoms with E-state index in [1.165, 1.54) is 37.7 Å². The Kier molecular flexibility index (Phi) is 6.12. The minimum absolute atomic E-state index is 0.533. The topological polar surface area (TPSA) is 53.1 Å². The second kappa shape index (κ2) is 9.48. The van der Waals surface area contributed by atoms with Crippen LogP contribution in [-0.2, 0) is 0 Å². The van der Waals surface area contributed by atoms with Crippen molar-refractivity contribution >= 4 is 11.6 Å². The molecule has 31 heavy (non-hydrogen) atoms. The van der Waals surface area contributed by atoms with E-state index >= 15 is 0 Å². The molecule has 0 atom stereocenters. The number of benzene rings is 1. The Balaban J connectivity index is 1.51. The fourth-order valence-electron chi connectivity index (χ4n) is 4.70. The Morgan fingerprint density at radius 3 is 2.48 bits per heavy atom. The number of anilines is 2. The zero-order chi connectivity index (χ0) is 20.9. The molecule has 0 spiro atoms. The van der Waals surface area contributed by atoms with Crippen LogP contribution in [0.2, 0.25) is 0 Å². The van der Waals surface area contributed by atoms with E-state index in [2.05, 4.69) is 75.1 Å². The lowest BCUT2D eigenvalue weighted by atomic mass is 9.95. The zero-order valence-corrected chi connectivity index (χ0v) is 18.1. The molecule has 5 nitrogen and oxygen atoms in total. The first-order valence-electron chi connectivity index (χ1n) is 11.6. The monoisotopic (exact) mass is 413 g/mol. The van der Waals surface area contributed by atoms with Crippen molar-refractivity contribution in [3.63, 3.8) is 0 Å². The molecule has 5 heteroatoms. The van der Waals surface area contributed by atoms with Crippen LogP contribution < -0.4 is 15.5 Å². The fourth-order valence-corrected chi connectivity index (χ4v) is 4.70. The van der Waals surface area contributed by atoms with Crippen molar-refractivity contribution < 1.29 is 0 Å². The minimum Gasteiger partial charge on any atom is -0.367 e. The van der Waals surface area contributed by atoms with Crippen molar-refractivity contribution in [2.24, 2.45) is 0 Å². The van der Waals surface area contributed by atoms with E-state index in [-0.39, 0.29) is 0 Å². The first kappa shape index (κ1) is 20.0. The SMILES string of the molecule is c1ccc(-c2ccc(N3CCNCC3)nc2-c2ccnc(NC3CCCCC3)c2)cc1. The van der Waals surface area contributed by atoms with Gasteiger partial charge in [-0.05, 0) is 42.7 Å². The summed E-state index contributed by atoms with van der Waals surface area (Å²) in [5.74, 6) is 2.01. The number of piperazine rings is 1. The second-order valence-electron chi connectivity index (χ2n) is 8.58. The van der Waals surface area contributed by atoms with Crippen LogP contribution >= 0.6 is 0 Å². The summed E-state index contributed by atoms with van der Waals surface area (Å²) in [6.07, 6.45) is 8.35. The number of aromatic nitrogens is 2. The molecule has 2 aromatic heterocycles. The third kappa shape index (κ3) is 4.72. The van der Waals surface area contributed by atoms with E-state index in [1.807, 2.05) is 6.20 Å². The lowest BCUT2D eigenvalue weighted by Crippen LogP contribution is -2.43. The van der Waals surface area contributed by atoms with Crippen LogP contribution in [0.5, 0.6) is 0 Å². The summed E-state index contributed by atoms with van der Waals surface area (Å²) in [6, 6.07) is 19.7. The van der Waals surface area contributed by atoms with Gasteiger partial charge in [-0.3, -0.25) is 0 Å². The molecule has 0 unspecified atom stereocenters. The Bertz CT molecular complexity index is 992. The average Bonchev–Trinajstić information content (AvgIpc) is 2.86. The van der Waals surface area contributed by atoms with Crippen molar-refractivity contribution in [3.8, 4) is 22.4 Å². The lowest BCUT2D eigenvalue weighted by molar-refractivity contribution is 0.462. The van der Waals surface area contributed by atoms with Crippen molar-refractivity contribution in [3.05, 3.63) is 60.8 Å². The van der Waals surface area contributed by atoms with Crippen molar-refractivity contribution in [2.75, 3.05) is 36.4 Å². The van der Waals surface area contributed by atoms with Crippen molar-refractivity contribution in [1.29, 1.82) is 0 Å². The molecule has 2 N–H and O–H groups in total. The molecular weight excluding hydrogens is 382 g/mol. The Morgan fingerprint density at radius 2 is 1.68 bits per heavy atom. The molecule has 1 aliphatic carbocycles. The summed E-state index contributed by atoms with van der Waals surface area (Å²) < 4.78 is 0. The molecule has 3 aromatic rings. The van der Waals surface area contributed by atoms with Crippen LogP contribution in [0, 0.1) is 0 Å². The third-order valence-electron chi connectivity index (χ3n) is 6.40. The molecule has 1 saturated heterocycles. The van der Waals surface area contributed by atoms with Gasteiger partial charge in [0.25, 0.3) is 0 Å². The summed E-state index contributed by atoms with van der Waals surface area (Å²) in [7, 11) is 0. The minimum atomic E-state index is 0.533. The van der Waals surface area contributed by atoms with Crippen LogP contribution in [-0.4, -0.2) is 42.2 Å². The standard InChI is InChI=1S/C26H31N5/c1-3-7-20(8-4-1)23-11-12-25(31-17-15-27-16-18-31)30-26(23)21-13-14-28-24(19-21)29-22-9-5-2-6-10-22/h1,3-4,7-8,11-14,19,22,27H,2,5-6,9-10,15-18H2,(H,28,29). The molecule has 2 aliphatic rings. The molecule has 1 saturated carbocycles. The van der Waals surface area contributed by atoms with Gasteiger partial charge < -0.3 is 15.5 Å². The van der Waals surface area contributed by atoms with E-state index in [0.717, 1.165) is 54.6 Å². The molecule has 5 rings (SSSR count). The van der Waals surface area contributed by atoms with E-state index in [9.17, 15) is 0 Å². The van der Waals surface area contributed by atoms with Gasteiger partial charge in [-0.25, -0.2) is 9.97 Å². The van der Waals surface area contributed by atoms with Gasteiger partial charge in [-0.1, -0.05) is 49.6 Å². The van der Waals surface area contributed by atoms with E-state index < -0.39 is 0 Å². The van der Waals surface area contributed by atoms with Gasteiger partial charge in [-0.15, -0.1) is 0 Å². The molecule has 0 radical (unpaired) electrons. The normalized spacial score (nSPS) is 17.5.